The number of nitrogens with one attached hydrogen (secondary N) is 1. The molecule has 184 valence electrons. The summed E-state index contributed by atoms with van der Waals surface area (Å²) in [5, 5.41) is 18.3. The molecule has 0 unspecified atom stereocenters. The smallest absolute Gasteiger partial charge is 0.272 e. The zero-order chi connectivity index (χ0) is 25.6. The van der Waals surface area contributed by atoms with Crippen molar-refractivity contribution in [3.05, 3.63) is 46.9 Å². The third kappa shape index (κ3) is 4.53. The van der Waals surface area contributed by atoms with Gasteiger partial charge in [-0.15, -0.1) is 11.3 Å². The molecule has 0 bridgehead atoms. The number of imidazole rings is 1. The number of hydrogen-bond acceptors (Lipinski definition) is 9. The molecule has 0 spiro atoms. The number of aromatic nitrogens is 4. The molecule has 12 heteroatoms. The zero-order valence-corrected chi connectivity index (χ0v) is 20.7. The maximum atomic E-state index is 13.2. The van der Waals surface area contributed by atoms with Crippen LogP contribution in [0.15, 0.2) is 34.3 Å². The number of carbonyl (C=O) groups is 2. The summed E-state index contributed by atoms with van der Waals surface area (Å²) in [5.41, 5.74) is 0.776. The predicted molar refractivity (Wildman–Crippen MR) is 131 cm³/mol. The van der Waals surface area contributed by atoms with Gasteiger partial charge in [0.1, 0.15) is 35.4 Å². The third-order valence-corrected chi connectivity index (χ3v) is 6.21. The second-order valence-electron chi connectivity index (χ2n) is 8.76. The van der Waals surface area contributed by atoms with Gasteiger partial charge >= 0.3 is 0 Å². The van der Waals surface area contributed by atoms with E-state index in [4.69, 9.17) is 9.26 Å². The highest BCUT2D eigenvalue weighted by Gasteiger charge is 2.31. The maximum absolute atomic E-state index is 13.2. The maximum Gasteiger partial charge on any atom is 0.272 e. The average Bonchev–Trinajstić information content (AvgIpc) is 3.53. The number of benzene rings is 1. The lowest BCUT2D eigenvalue weighted by Gasteiger charge is -2.20. The normalized spacial score (nSPS) is 15.6. The van der Waals surface area contributed by atoms with E-state index in [1.54, 1.807) is 56.6 Å². The molecule has 2 amide bonds. The van der Waals surface area contributed by atoms with E-state index in [1.807, 2.05) is 5.38 Å². The first-order chi connectivity index (χ1) is 17.1. The SMILES string of the molecule is Cc1nc(-c2csc3nc(C(=O)N[C@H]4COc5ccc(C#CC(C)(C)O)cc5N(C)C4=O)cn23)no1. The fraction of sp³-hybridized carbons (Fsp3) is 0.292. The molecule has 1 atom stereocenters. The number of amides is 2. The summed E-state index contributed by atoms with van der Waals surface area (Å²) in [7, 11) is 1.61. The fourth-order valence-corrected chi connectivity index (χ4v) is 4.45. The number of likely N-dealkylation sites (N-methyl/N-ethyl adjacent to an activating group) is 1. The number of rotatable bonds is 3. The molecule has 1 aromatic carbocycles. The first kappa shape index (κ1) is 23.5. The summed E-state index contributed by atoms with van der Waals surface area (Å²) in [6, 6.07) is 4.23. The summed E-state index contributed by atoms with van der Waals surface area (Å²) in [5.74, 6) is 6.08. The highest BCUT2D eigenvalue weighted by atomic mass is 32.1. The highest BCUT2D eigenvalue weighted by molar-refractivity contribution is 7.15. The topological polar surface area (TPSA) is 135 Å². The predicted octanol–water partition coefficient (Wildman–Crippen LogP) is 2.03. The molecule has 0 radical (unpaired) electrons. The van der Waals surface area contributed by atoms with Gasteiger partial charge < -0.3 is 24.6 Å². The second-order valence-corrected chi connectivity index (χ2v) is 9.60. The van der Waals surface area contributed by atoms with Crippen molar-refractivity contribution in [1.29, 1.82) is 0 Å². The summed E-state index contributed by atoms with van der Waals surface area (Å²) in [6.07, 6.45) is 1.57. The molecule has 0 fully saturated rings. The van der Waals surface area contributed by atoms with Crippen LogP contribution in [0, 0.1) is 18.8 Å². The van der Waals surface area contributed by atoms with Gasteiger partial charge in [0.2, 0.25) is 11.7 Å². The molecule has 0 saturated carbocycles. The van der Waals surface area contributed by atoms with Gasteiger partial charge in [-0.2, -0.15) is 4.98 Å². The van der Waals surface area contributed by atoms with Crippen LogP contribution >= 0.6 is 11.3 Å². The van der Waals surface area contributed by atoms with Gasteiger partial charge in [-0.1, -0.05) is 17.0 Å². The van der Waals surface area contributed by atoms with Crippen LogP contribution in [0.5, 0.6) is 5.75 Å². The summed E-state index contributed by atoms with van der Waals surface area (Å²) in [6.45, 7) is 4.82. The molecule has 11 nitrogen and oxygen atoms in total. The zero-order valence-electron chi connectivity index (χ0n) is 19.9. The number of carbonyl (C=O) groups excluding carboxylic acids is 2. The van der Waals surface area contributed by atoms with Crippen molar-refractivity contribution in [3.8, 4) is 29.1 Å². The molecule has 2 N–H and O–H groups in total. The Morgan fingerprint density at radius 2 is 2.14 bits per heavy atom. The number of ether oxygens (including phenoxy) is 1. The number of aliphatic hydroxyl groups is 1. The number of thiazole rings is 1. The van der Waals surface area contributed by atoms with Crippen LogP contribution in [-0.4, -0.2) is 61.7 Å². The quantitative estimate of drug-likeness (QED) is 0.403. The first-order valence-corrected chi connectivity index (χ1v) is 11.8. The van der Waals surface area contributed by atoms with E-state index in [0.29, 0.717) is 39.4 Å². The highest BCUT2D eigenvalue weighted by Crippen LogP contribution is 2.31. The molecule has 1 aliphatic rings. The van der Waals surface area contributed by atoms with Gasteiger partial charge in [-0.25, -0.2) is 4.98 Å². The van der Waals surface area contributed by atoms with Gasteiger partial charge in [-0.05, 0) is 32.0 Å². The molecule has 0 saturated heterocycles. The Morgan fingerprint density at radius 1 is 1.33 bits per heavy atom. The molecule has 0 aliphatic carbocycles. The van der Waals surface area contributed by atoms with E-state index in [1.165, 1.54) is 16.2 Å². The van der Waals surface area contributed by atoms with Gasteiger partial charge in [0.25, 0.3) is 11.8 Å². The summed E-state index contributed by atoms with van der Waals surface area (Å²) < 4.78 is 12.6. The fourth-order valence-electron chi connectivity index (χ4n) is 3.59. The largest absolute Gasteiger partial charge is 0.489 e. The minimum atomic E-state index is -1.15. The number of anilines is 1. The molecular formula is C24H22N6O5S. The Morgan fingerprint density at radius 3 is 2.86 bits per heavy atom. The first-order valence-electron chi connectivity index (χ1n) is 11.0. The lowest BCUT2D eigenvalue weighted by atomic mass is 10.1. The number of fused-ring (bicyclic) bond motifs is 2. The summed E-state index contributed by atoms with van der Waals surface area (Å²) >= 11 is 1.33. The Labute approximate surface area is 209 Å². The van der Waals surface area contributed by atoms with Crippen molar-refractivity contribution >= 4 is 33.8 Å². The average molecular weight is 507 g/mol. The monoisotopic (exact) mass is 506 g/mol. The van der Waals surface area contributed by atoms with Crippen LogP contribution in [0.3, 0.4) is 0 Å². The van der Waals surface area contributed by atoms with Crippen molar-refractivity contribution in [1.82, 2.24) is 24.8 Å². The Bertz CT molecular complexity index is 1550. The Hall–Kier alpha value is -4.21. The number of aryl methyl sites for hydroxylation is 1. The molecule has 3 aromatic heterocycles. The number of hydrogen-bond donors (Lipinski definition) is 2. The second kappa shape index (κ2) is 8.78. The molecule has 36 heavy (non-hydrogen) atoms. The van der Waals surface area contributed by atoms with Crippen molar-refractivity contribution in [2.24, 2.45) is 0 Å². The minimum Gasteiger partial charge on any atom is -0.489 e. The van der Waals surface area contributed by atoms with Crippen molar-refractivity contribution < 1.29 is 24.0 Å². The standard InChI is InChI=1S/C24H22N6O5S/c1-13-25-20(28-35-13)18-12-36-23-27-15(10-30(18)23)21(31)26-16-11-34-19-6-5-14(7-8-24(2,3)33)9-17(19)29(4)22(16)32/h5-6,9-10,12,16,33H,11H2,1-4H3,(H,26,31)/t16-/m0/s1. The molecular weight excluding hydrogens is 484 g/mol. The van der Waals surface area contributed by atoms with Crippen LogP contribution in [0.2, 0.25) is 0 Å². The van der Waals surface area contributed by atoms with E-state index in [-0.39, 0.29) is 18.2 Å². The lowest BCUT2D eigenvalue weighted by molar-refractivity contribution is -0.120. The van der Waals surface area contributed by atoms with Gasteiger partial charge in [0.05, 0.1) is 5.69 Å². The van der Waals surface area contributed by atoms with E-state index in [0.717, 1.165) is 0 Å². The third-order valence-electron chi connectivity index (χ3n) is 5.37. The van der Waals surface area contributed by atoms with Crippen LogP contribution in [0.4, 0.5) is 5.69 Å². The molecule has 4 aromatic rings. The van der Waals surface area contributed by atoms with E-state index in [2.05, 4.69) is 32.3 Å². The van der Waals surface area contributed by atoms with Crippen LogP contribution in [0.1, 0.15) is 35.8 Å². The van der Waals surface area contributed by atoms with Gasteiger partial charge in [0, 0.05) is 31.1 Å². The lowest BCUT2D eigenvalue weighted by Crippen LogP contribution is -2.49. The van der Waals surface area contributed by atoms with Gasteiger partial charge in [-0.3, -0.25) is 14.0 Å². The van der Waals surface area contributed by atoms with Crippen molar-refractivity contribution in [2.75, 3.05) is 18.6 Å². The number of nitrogens with zero attached hydrogens (tertiary/aromatic N) is 5. The van der Waals surface area contributed by atoms with Crippen LogP contribution in [-0.2, 0) is 4.79 Å². The Kier molecular flexibility index (Phi) is 5.74. The molecule has 1 aliphatic heterocycles. The minimum absolute atomic E-state index is 0.0494. The molecule has 5 rings (SSSR count). The molecule has 4 heterocycles. The van der Waals surface area contributed by atoms with E-state index in [9.17, 15) is 14.7 Å². The van der Waals surface area contributed by atoms with E-state index >= 15 is 0 Å². The van der Waals surface area contributed by atoms with Crippen LogP contribution < -0.4 is 15.0 Å². The van der Waals surface area contributed by atoms with Crippen molar-refractivity contribution in [3.63, 3.8) is 0 Å². The van der Waals surface area contributed by atoms with Gasteiger partial charge in [0.15, 0.2) is 4.96 Å². The van der Waals surface area contributed by atoms with Crippen LogP contribution in [0.25, 0.3) is 16.5 Å². The Balaban J connectivity index is 1.35. The van der Waals surface area contributed by atoms with E-state index < -0.39 is 17.6 Å². The van der Waals surface area contributed by atoms with Crippen molar-refractivity contribution in [2.45, 2.75) is 32.4 Å². The summed E-state index contributed by atoms with van der Waals surface area (Å²) in [4.78, 5) is 36.8.